The van der Waals surface area contributed by atoms with Crippen molar-refractivity contribution < 1.29 is 14.4 Å². The molecule has 0 aromatic heterocycles. The molecule has 1 heterocycles. The molecule has 0 radical (unpaired) electrons. The van der Waals surface area contributed by atoms with Crippen LogP contribution in [0.2, 0.25) is 0 Å². The number of aliphatic carboxylic acids is 1. The van der Waals surface area contributed by atoms with E-state index >= 15 is 0 Å². The van der Waals surface area contributed by atoms with E-state index in [1.807, 2.05) is 6.20 Å². The minimum Gasteiger partial charge on any atom is -0.477 e. The van der Waals surface area contributed by atoms with E-state index in [1.165, 1.54) is 32.1 Å². The summed E-state index contributed by atoms with van der Waals surface area (Å²) in [5.74, 6) is 0.147. The van der Waals surface area contributed by atoms with Crippen LogP contribution >= 0.6 is 0 Å². The molecular formula is C15H28N3O2+. The van der Waals surface area contributed by atoms with Crippen LogP contribution in [0.5, 0.6) is 0 Å². The van der Waals surface area contributed by atoms with Gasteiger partial charge in [-0.2, -0.15) is 0 Å². The van der Waals surface area contributed by atoms with Crippen molar-refractivity contribution in [1.29, 1.82) is 0 Å². The van der Waals surface area contributed by atoms with Crippen LogP contribution in [0, 0.1) is 0 Å². The number of aliphatic imine (C=N–C) groups is 1. The molecule has 0 spiro atoms. The standard InChI is InChI=1S/C15H27N3O2/c1-2-3-4-5-6-7-8-14-17-10-12-18(14,11-9-16)13-15(19)20/h10,12H,2-9,11,13,16H2,1H3/p+1. The second-order valence-corrected chi connectivity index (χ2v) is 5.46. The number of nitrogens with two attached hydrogens (primary N) is 1. The highest BCUT2D eigenvalue weighted by atomic mass is 16.4. The van der Waals surface area contributed by atoms with Crippen molar-refractivity contribution in [3.8, 4) is 0 Å². The van der Waals surface area contributed by atoms with Gasteiger partial charge in [0.1, 0.15) is 12.7 Å². The lowest BCUT2D eigenvalue weighted by atomic mass is 10.1. The molecule has 1 atom stereocenters. The Labute approximate surface area is 121 Å². The number of amidine groups is 1. The van der Waals surface area contributed by atoms with Crippen LogP contribution in [0.15, 0.2) is 17.4 Å². The van der Waals surface area contributed by atoms with E-state index in [2.05, 4.69) is 11.9 Å². The van der Waals surface area contributed by atoms with Gasteiger partial charge in [0.05, 0.1) is 6.20 Å². The zero-order valence-electron chi connectivity index (χ0n) is 12.6. The first-order valence-electron chi connectivity index (χ1n) is 7.68. The molecule has 0 aromatic rings. The Kier molecular flexibility index (Phi) is 7.47. The average molecular weight is 282 g/mol. The summed E-state index contributed by atoms with van der Waals surface area (Å²) in [4.78, 5) is 15.5. The lowest BCUT2D eigenvalue weighted by Gasteiger charge is -2.30. The van der Waals surface area contributed by atoms with E-state index in [9.17, 15) is 4.79 Å². The monoisotopic (exact) mass is 282 g/mol. The molecule has 114 valence electrons. The lowest BCUT2D eigenvalue weighted by molar-refractivity contribution is -0.778. The second-order valence-electron chi connectivity index (χ2n) is 5.46. The van der Waals surface area contributed by atoms with Gasteiger partial charge in [0.25, 0.3) is 0 Å². The van der Waals surface area contributed by atoms with Crippen LogP contribution in [0.3, 0.4) is 0 Å². The Morgan fingerprint density at radius 1 is 1.30 bits per heavy atom. The smallest absolute Gasteiger partial charge is 0.360 e. The highest BCUT2D eigenvalue weighted by Gasteiger charge is 2.36. The molecule has 1 aliphatic heterocycles. The third kappa shape index (κ3) is 5.06. The van der Waals surface area contributed by atoms with Gasteiger partial charge in [-0.15, -0.1) is 0 Å². The maximum Gasteiger partial charge on any atom is 0.360 e. The molecule has 1 rings (SSSR count). The number of carboxylic acid groups (broad SMARTS) is 1. The number of rotatable bonds is 11. The van der Waals surface area contributed by atoms with E-state index < -0.39 is 5.97 Å². The maximum absolute atomic E-state index is 11.1. The van der Waals surface area contributed by atoms with Gasteiger partial charge in [-0.25, -0.2) is 14.3 Å². The zero-order chi connectivity index (χ0) is 14.8. The Hall–Kier alpha value is -1.20. The number of carboxylic acids is 1. The first kappa shape index (κ1) is 16.9. The largest absolute Gasteiger partial charge is 0.477 e. The number of hydrogen-bond donors (Lipinski definition) is 2. The van der Waals surface area contributed by atoms with Gasteiger partial charge in [-0.3, -0.25) is 0 Å². The molecule has 0 aliphatic carbocycles. The molecule has 0 saturated carbocycles. The summed E-state index contributed by atoms with van der Waals surface area (Å²) < 4.78 is 0.306. The summed E-state index contributed by atoms with van der Waals surface area (Å²) in [5, 5.41) is 9.11. The normalized spacial score (nSPS) is 21.2. The van der Waals surface area contributed by atoms with E-state index in [0.717, 1.165) is 18.7 Å². The van der Waals surface area contributed by atoms with Crippen molar-refractivity contribution in [1.82, 2.24) is 0 Å². The Morgan fingerprint density at radius 2 is 2.00 bits per heavy atom. The average Bonchev–Trinajstić information content (AvgIpc) is 2.76. The predicted molar refractivity (Wildman–Crippen MR) is 81.3 cm³/mol. The van der Waals surface area contributed by atoms with Crippen molar-refractivity contribution >= 4 is 11.8 Å². The summed E-state index contributed by atoms with van der Waals surface area (Å²) >= 11 is 0. The molecule has 1 aliphatic rings. The molecule has 0 fully saturated rings. The molecule has 20 heavy (non-hydrogen) atoms. The van der Waals surface area contributed by atoms with Crippen molar-refractivity contribution in [3.63, 3.8) is 0 Å². The van der Waals surface area contributed by atoms with Gasteiger partial charge in [0.15, 0.2) is 6.54 Å². The molecule has 5 nitrogen and oxygen atoms in total. The van der Waals surface area contributed by atoms with Gasteiger partial charge in [-0.05, 0) is 6.42 Å². The summed E-state index contributed by atoms with van der Waals surface area (Å²) in [6, 6.07) is 0. The van der Waals surface area contributed by atoms with Crippen LogP contribution in [0.1, 0.15) is 51.9 Å². The van der Waals surface area contributed by atoms with E-state index in [-0.39, 0.29) is 6.54 Å². The fraction of sp³-hybridized carbons (Fsp3) is 0.733. The van der Waals surface area contributed by atoms with Crippen molar-refractivity contribution in [3.05, 3.63) is 12.4 Å². The summed E-state index contributed by atoms with van der Waals surface area (Å²) in [6.45, 7) is 3.33. The zero-order valence-corrected chi connectivity index (χ0v) is 12.6. The molecule has 0 saturated heterocycles. The van der Waals surface area contributed by atoms with Crippen molar-refractivity contribution in [2.45, 2.75) is 51.9 Å². The van der Waals surface area contributed by atoms with Crippen molar-refractivity contribution in [2.75, 3.05) is 19.6 Å². The third-order valence-corrected chi connectivity index (χ3v) is 3.79. The van der Waals surface area contributed by atoms with E-state index in [4.69, 9.17) is 10.8 Å². The first-order valence-corrected chi connectivity index (χ1v) is 7.68. The summed E-state index contributed by atoms with van der Waals surface area (Å²) in [7, 11) is 0. The summed E-state index contributed by atoms with van der Waals surface area (Å²) in [6.07, 6.45) is 11.8. The molecule has 5 heteroatoms. The van der Waals surface area contributed by atoms with Crippen LogP contribution in [-0.2, 0) is 4.79 Å². The lowest BCUT2D eigenvalue weighted by Crippen LogP contribution is -2.52. The minimum atomic E-state index is -0.805. The first-order chi connectivity index (χ1) is 9.64. The molecule has 1 unspecified atom stereocenters. The van der Waals surface area contributed by atoms with Crippen LogP contribution in [-0.4, -0.2) is 41.0 Å². The Morgan fingerprint density at radius 3 is 2.65 bits per heavy atom. The van der Waals surface area contributed by atoms with Crippen LogP contribution in [0.25, 0.3) is 0 Å². The van der Waals surface area contributed by atoms with Gasteiger partial charge in [-0.1, -0.05) is 39.0 Å². The number of quaternary nitrogens is 1. The number of hydrogen-bond acceptors (Lipinski definition) is 3. The van der Waals surface area contributed by atoms with Gasteiger partial charge in [0.2, 0.25) is 5.84 Å². The minimum absolute atomic E-state index is 0.0440. The Balaban J connectivity index is 2.44. The number of carbonyl (C=O) groups is 1. The predicted octanol–water partition coefficient (Wildman–Crippen LogP) is 2.48. The van der Waals surface area contributed by atoms with Gasteiger partial charge >= 0.3 is 5.97 Å². The van der Waals surface area contributed by atoms with E-state index in [0.29, 0.717) is 17.6 Å². The van der Waals surface area contributed by atoms with Crippen molar-refractivity contribution in [2.24, 2.45) is 10.7 Å². The van der Waals surface area contributed by atoms with Crippen LogP contribution < -0.4 is 5.73 Å². The van der Waals surface area contributed by atoms with Gasteiger partial charge < -0.3 is 10.8 Å². The molecule has 0 bridgehead atoms. The molecule has 0 aromatic carbocycles. The topological polar surface area (TPSA) is 75.7 Å². The highest BCUT2D eigenvalue weighted by molar-refractivity contribution is 5.81. The molecular weight excluding hydrogens is 254 g/mol. The SMILES string of the molecule is CCCCCCCCC1=NC=C[N+]1(CCN)CC(=O)O. The second kappa shape index (κ2) is 8.87. The van der Waals surface area contributed by atoms with Crippen LogP contribution in [0.4, 0.5) is 0 Å². The molecule has 3 N–H and O–H groups in total. The number of nitrogens with zero attached hydrogens (tertiary/aromatic N) is 2. The fourth-order valence-corrected chi connectivity index (χ4v) is 2.70. The fourth-order valence-electron chi connectivity index (χ4n) is 2.70. The quantitative estimate of drug-likeness (QED) is 0.451. The Bertz CT molecular complexity index is 366. The maximum atomic E-state index is 11.1. The third-order valence-electron chi connectivity index (χ3n) is 3.79. The summed E-state index contributed by atoms with van der Waals surface area (Å²) in [5.41, 5.74) is 5.64. The van der Waals surface area contributed by atoms with Gasteiger partial charge in [0, 0.05) is 13.0 Å². The van der Waals surface area contributed by atoms with E-state index in [1.54, 1.807) is 6.20 Å². The highest BCUT2D eigenvalue weighted by Crippen LogP contribution is 2.21. The molecule has 0 amide bonds. The number of unbranched alkanes of at least 4 members (excludes halogenated alkanes) is 5.